The molecule has 0 aliphatic rings. The summed E-state index contributed by atoms with van der Waals surface area (Å²) in [7, 11) is 0. The summed E-state index contributed by atoms with van der Waals surface area (Å²) in [5.74, 6) is -0.654. The summed E-state index contributed by atoms with van der Waals surface area (Å²) in [6.07, 6.45) is 4.92. The van der Waals surface area contributed by atoms with Crippen LogP contribution in [0.3, 0.4) is 0 Å². The van der Waals surface area contributed by atoms with Gasteiger partial charge in [-0.1, -0.05) is 17.7 Å². The predicted molar refractivity (Wildman–Crippen MR) is 83.4 cm³/mol. The van der Waals surface area contributed by atoms with Crippen LogP contribution in [0.15, 0.2) is 37.1 Å². The van der Waals surface area contributed by atoms with Crippen molar-refractivity contribution in [3.05, 3.63) is 53.5 Å². The average Bonchev–Trinajstić information content (AvgIpc) is 2.94. The fourth-order valence-corrected chi connectivity index (χ4v) is 2.40. The van der Waals surface area contributed by atoms with E-state index < -0.39 is 5.82 Å². The van der Waals surface area contributed by atoms with Crippen LogP contribution in [-0.4, -0.2) is 32.0 Å². The van der Waals surface area contributed by atoms with Gasteiger partial charge in [0.15, 0.2) is 5.65 Å². The van der Waals surface area contributed by atoms with Gasteiger partial charge < -0.3 is 9.88 Å². The van der Waals surface area contributed by atoms with Crippen LogP contribution in [0.2, 0.25) is 5.02 Å². The van der Waals surface area contributed by atoms with Crippen molar-refractivity contribution in [2.24, 2.45) is 0 Å². The quantitative estimate of drug-likeness (QED) is 0.775. The molecule has 2 aromatic heterocycles. The summed E-state index contributed by atoms with van der Waals surface area (Å²) in [5.41, 5.74) is 2.09. The van der Waals surface area contributed by atoms with Gasteiger partial charge in [0.2, 0.25) is 5.91 Å². The number of hydrogen-bond acceptors (Lipinski definition) is 4. The Labute approximate surface area is 136 Å². The van der Waals surface area contributed by atoms with E-state index in [9.17, 15) is 9.18 Å². The van der Waals surface area contributed by atoms with Crippen LogP contribution in [0.4, 0.5) is 4.39 Å². The van der Waals surface area contributed by atoms with Crippen LogP contribution in [0, 0.1) is 5.82 Å². The molecule has 2 heterocycles. The Balaban J connectivity index is 1.54. The molecular formula is C15H13ClFN5O. The highest BCUT2D eigenvalue weighted by atomic mass is 35.5. The SMILES string of the molecule is O=C(Cc1ccc(F)c(Cl)c1)NCCn1cnc2ncncc21. The third kappa shape index (κ3) is 3.62. The lowest BCUT2D eigenvalue weighted by Crippen LogP contribution is -2.28. The minimum atomic E-state index is -0.495. The number of aromatic nitrogens is 4. The molecule has 0 spiro atoms. The number of nitrogens with one attached hydrogen (secondary N) is 1. The Bertz CT molecular complexity index is 851. The van der Waals surface area contributed by atoms with Gasteiger partial charge in [0.1, 0.15) is 17.7 Å². The van der Waals surface area contributed by atoms with Gasteiger partial charge >= 0.3 is 0 Å². The van der Waals surface area contributed by atoms with E-state index in [4.69, 9.17) is 11.6 Å². The number of halogens is 2. The highest BCUT2D eigenvalue weighted by Crippen LogP contribution is 2.16. The first-order valence-electron chi connectivity index (χ1n) is 6.95. The van der Waals surface area contributed by atoms with Crippen molar-refractivity contribution < 1.29 is 9.18 Å². The molecule has 0 saturated heterocycles. The van der Waals surface area contributed by atoms with Gasteiger partial charge in [0, 0.05) is 13.1 Å². The van der Waals surface area contributed by atoms with Crippen molar-refractivity contribution in [1.82, 2.24) is 24.8 Å². The van der Waals surface area contributed by atoms with Gasteiger partial charge in [-0.3, -0.25) is 4.79 Å². The molecule has 0 bridgehead atoms. The minimum Gasteiger partial charge on any atom is -0.354 e. The van der Waals surface area contributed by atoms with E-state index in [0.717, 1.165) is 5.52 Å². The Kier molecular flexibility index (Phi) is 4.47. The summed E-state index contributed by atoms with van der Waals surface area (Å²) in [6.45, 7) is 0.994. The molecule has 3 aromatic rings. The highest BCUT2D eigenvalue weighted by Gasteiger charge is 2.07. The molecule has 1 aromatic carbocycles. The first kappa shape index (κ1) is 15.4. The first-order chi connectivity index (χ1) is 11.1. The zero-order chi connectivity index (χ0) is 16.2. The van der Waals surface area contributed by atoms with E-state index in [0.29, 0.717) is 24.3 Å². The van der Waals surface area contributed by atoms with Gasteiger partial charge in [-0.15, -0.1) is 0 Å². The second kappa shape index (κ2) is 6.70. The van der Waals surface area contributed by atoms with Gasteiger partial charge in [0.05, 0.1) is 24.0 Å². The fraction of sp³-hybridized carbons (Fsp3) is 0.200. The molecule has 23 heavy (non-hydrogen) atoms. The molecule has 0 atom stereocenters. The maximum absolute atomic E-state index is 13.1. The summed E-state index contributed by atoms with van der Waals surface area (Å²) in [4.78, 5) is 24.1. The lowest BCUT2D eigenvalue weighted by atomic mass is 10.1. The van der Waals surface area contributed by atoms with Crippen LogP contribution in [-0.2, 0) is 17.8 Å². The Morgan fingerprint density at radius 3 is 3.04 bits per heavy atom. The van der Waals surface area contributed by atoms with Crippen LogP contribution in [0.5, 0.6) is 0 Å². The van der Waals surface area contributed by atoms with E-state index in [-0.39, 0.29) is 17.4 Å². The summed E-state index contributed by atoms with van der Waals surface area (Å²) >= 11 is 5.70. The molecule has 8 heteroatoms. The standard InChI is InChI=1S/C15H13ClFN5O/c16-11-5-10(1-2-12(11)17)6-14(23)19-3-4-22-9-21-15-13(22)7-18-8-20-15/h1-2,5,7-9H,3-4,6H2,(H,19,23). The van der Waals surface area contributed by atoms with Crippen LogP contribution < -0.4 is 5.32 Å². The molecule has 1 N–H and O–H groups in total. The topological polar surface area (TPSA) is 72.7 Å². The third-order valence-corrected chi connectivity index (χ3v) is 3.61. The van der Waals surface area contributed by atoms with Crippen molar-refractivity contribution in [1.29, 1.82) is 0 Å². The van der Waals surface area contributed by atoms with E-state index in [1.807, 2.05) is 4.57 Å². The molecule has 0 fully saturated rings. The lowest BCUT2D eigenvalue weighted by molar-refractivity contribution is -0.120. The first-order valence-corrected chi connectivity index (χ1v) is 7.33. The largest absolute Gasteiger partial charge is 0.354 e. The normalized spacial score (nSPS) is 10.9. The van der Waals surface area contributed by atoms with Crippen molar-refractivity contribution >= 4 is 28.7 Å². The number of carbonyl (C=O) groups is 1. The summed E-state index contributed by atoms with van der Waals surface area (Å²) < 4.78 is 14.9. The number of imidazole rings is 1. The molecule has 3 rings (SSSR count). The number of nitrogens with zero attached hydrogens (tertiary/aromatic N) is 4. The molecule has 0 unspecified atom stereocenters. The number of carbonyl (C=O) groups excluding carboxylic acids is 1. The zero-order valence-electron chi connectivity index (χ0n) is 12.0. The second-order valence-corrected chi connectivity index (χ2v) is 5.35. The van der Waals surface area contributed by atoms with Crippen molar-refractivity contribution in [3.8, 4) is 0 Å². The molecular weight excluding hydrogens is 321 g/mol. The molecule has 6 nitrogen and oxygen atoms in total. The van der Waals surface area contributed by atoms with Gasteiger partial charge in [-0.2, -0.15) is 0 Å². The average molecular weight is 334 g/mol. The number of benzene rings is 1. The lowest BCUT2D eigenvalue weighted by Gasteiger charge is -2.07. The van der Waals surface area contributed by atoms with Gasteiger partial charge in [-0.25, -0.2) is 19.3 Å². The Morgan fingerprint density at radius 2 is 2.22 bits per heavy atom. The number of fused-ring (bicyclic) bond motifs is 1. The summed E-state index contributed by atoms with van der Waals surface area (Å²) in [6, 6.07) is 4.25. The van der Waals surface area contributed by atoms with E-state index >= 15 is 0 Å². The smallest absolute Gasteiger partial charge is 0.224 e. The fourth-order valence-electron chi connectivity index (χ4n) is 2.20. The van der Waals surface area contributed by atoms with Crippen molar-refractivity contribution in [3.63, 3.8) is 0 Å². The molecule has 118 valence electrons. The Morgan fingerprint density at radius 1 is 1.35 bits per heavy atom. The molecule has 0 saturated carbocycles. The molecule has 0 aliphatic carbocycles. The van der Waals surface area contributed by atoms with E-state index in [1.165, 1.54) is 18.5 Å². The van der Waals surface area contributed by atoms with Crippen LogP contribution >= 0.6 is 11.6 Å². The van der Waals surface area contributed by atoms with E-state index in [2.05, 4.69) is 20.3 Å². The maximum Gasteiger partial charge on any atom is 0.224 e. The number of rotatable bonds is 5. The molecule has 0 aliphatic heterocycles. The van der Waals surface area contributed by atoms with Crippen LogP contribution in [0.1, 0.15) is 5.56 Å². The van der Waals surface area contributed by atoms with Crippen molar-refractivity contribution in [2.45, 2.75) is 13.0 Å². The third-order valence-electron chi connectivity index (χ3n) is 3.33. The van der Waals surface area contributed by atoms with Crippen molar-refractivity contribution in [2.75, 3.05) is 6.54 Å². The molecule has 1 amide bonds. The highest BCUT2D eigenvalue weighted by molar-refractivity contribution is 6.30. The maximum atomic E-state index is 13.1. The van der Waals surface area contributed by atoms with Gasteiger partial charge in [-0.05, 0) is 17.7 Å². The predicted octanol–water partition coefficient (Wildman–Crippen LogP) is 1.98. The summed E-state index contributed by atoms with van der Waals surface area (Å²) in [5, 5.41) is 2.82. The minimum absolute atomic E-state index is 0.0141. The number of hydrogen-bond donors (Lipinski definition) is 1. The Hall–Kier alpha value is -2.54. The van der Waals surface area contributed by atoms with Gasteiger partial charge in [0.25, 0.3) is 0 Å². The second-order valence-electron chi connectivity index (χ2n) is 4.94. The van der Waals surface area contributed by atoms with E-state index in [1.54, 1.807) is 18.6 Å². The van der Waals surface area contributed by atoms with Crippen LogP contribution in [0.25, 0.3) is 11.2 Å². The molecule has 0 radical (unpaired) electrons. The monoisotopic (exact) mass is 333 g/mol. The number of amides is 1. The zero-order valence-corrected chi connectivity index (χ0v) is 12.8.